The predicted octanol–water partition coefficient (Wildman–Crippen LogP) is 2.61. The molecule has 0 aliphatic carbocycles. The van der Waals surface area contributed by atoms with Crippen LogP contribution in [-0.2, 0) is 0 Å². The molecule has 86 valence electrons. The summed E-state index contributed by atoms with van der Waals surface area (Å²) in [6, 6.07) is 2.11. The van der Waals surface area contributed by atoms with E-state index in [1.807, 2.05) is 0 Å². The van der Waals surface area contributed by atoms with Crippen LogP contribution in [0.3, 0.4) is 0 Å². The van der Waals surface area contributed by atoms with Gasteiger partial charge < -0.3 is 5.73 Å². The van der Waals surface area contributed by atoms with Gasteiger partial charge in [-0.05, 0) is 12.3 Å². The van der Waals surface area contributed by atoms with E-state index in [1.54, 1.807) is 0 Å². The average Bonchev–Trinajstić information content (AvgIpc) is 2.29. The van der Waals surface area contributed by atoms with Gasteiger partial charge in [0.25, 0.3) is 0 Å². The van der Waals surface area contributed by atoms with E-state index >= 15 is 0 Å². The number of nitriles is 1. The van der Waals surface area contributed by atoms with E-state index in [-0.39, 0.29) is 11.9 Å². The van der Waals surface area contributed by atoms with Gasteiger partial charge in [-0.1, -0.05) is 33.1 Å². The van der Waals surface area contributed by atoms with Gasteiger partial charge in [0.1, 0.15) is 6.07 Å². The fraction of sp³-hybridized carbons (Fsp3) is 0.583. The molecule has 1 unspecified atom stereocenters. The van der Waals surface area contributed by atoms with Crippen LogP contribution in [0.25, 0.3) is 0 Å². The monoisotopic (exact) mass is 218 g/mol. The molecule has 0 aromatic carbocycles. The van der Waals surface area contributed by atoms with Crippen LogP contribution in [0.15, 0.2) is 6.20 Å². The first-order valence-electron chi connectivity index (χ1n) is 5.71. The van der Waals surface area contributed by atoms with Gasteiger partial charge in [0.2, 0.25) is 5.95 Å². The van der Waals surface area contributed by atoms with Crippen molar-refractivity contribution < 1.29 is 0 Å². The highest BCUT2D eigenvalue weighted by Crippen LogP contribution is 2.23. The van der Waals surface area contributed by atoms with Gasteiger partial charge in [0.15, 0.2) is 0 Å². The Labute approximate surface area is 96.5 Å². The summed E-state index contributed by atoms with van der Waals surface area (Å²) in [4.78, 5) is 8.00. The molecule has 0 spiro atoms. The van der Waals surface area contributed by atoms with Crippen molar-refractivity contribution in [1.82, 2.24) is 9.97 Å². The lowest BCUT2D eigenvalue weighted by atomic mass is 9.97. The molecule has 0 radical (unpaired) electrons. The van der Waals surface area contributed by atoms with E-state index in [0.717, 1.165) is 18.5 Å². The number of nitrogen functional groups attached to an aromatic ring is 1. The number of hydrogen-bond acceptors (Lipinski definition) is 4. The molecule has 0 saturated carbocycles. The number of aromatic nitrogens is 2. The minimum Gasteiger partial charge on any atom is -0.368 e. The Morgan fingerprint density at radius 2 is 2.25 bits per heavy atom. The summed E-state index contributed by atoms with van der Waals surface area (Å²) >= 11 is 0. The molecule has 0 amide bonds. The molecule has 1 atom stereocenters. The van der Waals surface area contributed by atoms with Gasteiger partial charge in [-0.2, -0.15) is 5.26 Å². The third-order valence-corrected chi connectivity index (χ3v) is 2.66. The molecular weight excluding hydrogens is 200 g/mol. The van der Waals surface area contributed by atoms with Gasteiger partial charge in [-0.15, -0.1) is 0 Å². The number of unbranched alkanes of at least 4 members (excludes halogenated alkanes) is 2. The molecule has 4 nitrogen and oxygen atoms in total. The SMILES string of the molecule is CCCCCC(C)c1nc(N)ncc1C#N. The second-order valence-electron chi connectivity index (χ2n) is 4.04. The topological polar surface area (TPSA) is 75.6 Å². The zero-order chi connectivity index (χ0) is 12.0. The summed E-state index contributed by atoms with van der Waals surface area (Å²) in [6.07, 6.45) is 6.12. The van der Waals surface area contributed by atoms with Crippen molar-refractivity contribution in [3.63, 3.8) is 0 Å². The lowest BCUT2D eigenvalue weighted by molar-refractivity contribution is 0.586. The second-order valence-corrected chi connectivity index (χ2v) is 4.04. The Morgan fingerprint density at radius 1 is 1.50 bits per heavy atom. The van der Waals surface area contributed by atoms with Crippen LogP contribution in [0.5, 0.6) is 0 Å². The zero-order valence-corrected chi connectivity index (χ0v) is 9.90. The number of nitrogens with two attached hydrogens (primary N) is 1. The molecule has 1 aromatic heterocycles. The Kier molecular flexibility index (Phi) is 4.71. The Hall–Kier alpha value is -1.63. The van der Waals surface area contributed by atoms with E-state index in [4.69, 9.17) is 11.0 Å². The summed E-state index contributed by atoms with van der Waals surface area (Å²) in [6.45, 7) is 4.26. The van der Waals surface area contributed by atoms with Crippen molar-refractivity contribution in [2.45, 2.75) is 45.4 Å². The zero-order valence-electron chi connectivity index (χ0n) is 9.90. The second kappa shape index (κ2) is 6.06. The normalized spacial score (nSPS) is 12.1. The molecule has 0 saturated heterocycles. The van der Waals surface area contributed by atoms with Crippen molar-refractivity contribution in [1.29, 1.82) is 5.26 Å². The molecule has 4 heteroatoms. The maximum Gasteiger partial charge on any atom is 0.220 e. The fourth-order valence-electron chi connectivity index (χ4n) is 1.71. The summed E-state index contributed by atoms with van der Waals surface area (Å²) < 4.78 is 0. The van der Waals surface area contributed by atoms with Crippen LogP contribution in [0.4, 0.5) is 5.95 Å². The standard InChI is InChI=1S/C12H18N4/c1-3-4-5-6-9(2)11-10(7-13)8-15-12(14)16-11/h8-9H,3-6H2,1-2H3,(H2,14,15,16). The van der Waals surface area contributed by atoms with Crippen LogP contribution < -0.4 is 5.73 Å². The number of hydrogen-bond donors (Lipinski definition) is 1. The maximum atomic E-state index is 8.96. The van der Waals surface area contributed by atoms with Crippen LogP contribution in [-0.4, -0.2) is 9.97 Å². The van der Waals surface area contributed by atoms with E-state index in [1.165, 1.54) is 19.0 Å². The third kappa shape index (κ3) is 3.20. The van der Waals surface area contributed by atoms with Crippen molar-refractivity contribution in [2.24, 2.45) is 0 Å². The van der Waals surface area contributed by atoms with Crippen LogP contribution in [0.2, 0.25) is 0 Å². The molecule has 2 N–H and O–H groups in total. The lowest BCUT2D eigenvalue weighted by Crippen LogP contribution is -2.05. The van der Waals surface area contributed by atoms with Gasteiger partial charge in [0, 0.05) is 0 Å². The minimum absolute atomic E-state index is 0.247. The lowest BCUT2D eigenvalue weighted by Gasteiger charge is -2.11. The fourth-order valence-corrected chi connectivity index (χ4v) is 1.71. The van der Waals surface area contributed by atoms with Crippen molar-refractivity contribution in [2.75, 3.05) is 5.73 Å². The maximum absolute atomic E-state index is 8.96. The molecule has 1 aromatic rings. The number of rotatable bonds is 5. The van der Waals surface area contributed by atoms with Crippen molar-refractivity contribution in [3.05, 3.63) is 17.5 Å². The van der Waals surface area contributed by atoms with E-state index in [0.29, 0.717) is 5.56 Å². The molecule has 0 bridgehead atoms. The average molecular weight is 218 g/mol. The van der Waals surface area contributed by atoms with Gasteiger partial charge in [0.05, 0.1) is 17.5 Å². The molecule has 0 aliphatic rings. The quantitative estimate of drug-likeness (QED) is 0.771. The molecule has 16 heavy (non-hydrogen) atoms. The first-order valence-corrected chi connectivity index (χ1v) is 5.71. The Morgan fingerprint density at radius 3 is 2.88 bits per heavy atom. The summed E-state index contributed by atoms with van der Waals surface area (Å²) in [7, 11) is 0. The minimum atomic E-state index is 0.247. The number of anilines is 1. The van der Waals surface area contributed by atoms with Gasteiger partial charge in [-0.25, -0.2) is 9.97 Å². The predicted molar refractivity (Wildman–Crippen MR) is 63.7 cm³/mol. The van der Waals surface area contributed by atoms with Crippen molar-refractivity contribution in [3.8, 4) is 6.07 Å². The van der Waals surface area contributed by atoms with E-state index < -0.39 is 0 Å². The highest BCUT2D eigenvalue weighted by Gasteiger charge is 2.13. The highest BCUT2D eigenvalue weighted by molar-refractivity contribution is 5.36. The van der Waals surface area contributed by atoms with Crippen LogP contribution >= 0.6 is 0 Å². The molecule has 0 fully saturated rings. The third-order valence-electron chi connectivity index (χ3n) is 2.66. The Bertz CT molecular complexity index is 381. The molecule has 1 heterocycles. The molecular formula is C12H18N4. The molecule has 1 rings (SSSR count). The highest BCUT2D eigenvalue weighted by atomic mass is 15.0. The van der Waals surface area contributed by atoms with E-state index in [2.05, 4.69) is 29.9 Å². The summed E-state index contributed by atoms with van der Waals surface area (Å²) in [5.41, 5.74) is 6.87. The number of nitrogens with zero attached hydrogens (tertiary/aromatic N) is 3. The summed E-state index contributed by atoms with van der Waals surface area (Å²) in [5, 5.41) is 8.96. The van der Waals surface area contributed by atoms with Crippen LogP contribution in [0, 0.1) is 11.3 Å². The van der Waals surface area contributed by atoms with Crippen molar-refractivity contribution >= 4 is 5.95 Å². The van der Waals surface area contributed by atoms with E-state index in [9.17, 15) is 0 Å². The van der Waals surface area contributed by atoms with Crippen LogP contribution in [0.1, 0.15) is 56.7 Å². The first kappa shape index (κ1) is 12.4. The largest absolute Gasteiger partial charge is 0.368 e. The smallest absolute Gasteiger partial charge is 0.220 e. The Balaban J connectivity index is 2.77. The first-order chi connectivity index (χ1) is 7.69. The van der Waals surface area contributed by atoms with Gasteiger partial charge in [-0.3, -0.25) is 0 Å². The summed E-state index contributed by atoms with van der Waals surface area (Å²) in [5.74, 6) is 0.517. The molecule has 0 aliphatic heterocycles. The van der Waals surface area contributed by atoms with Gasteiger partial charge >= 0.3 is 0 Å².